The molecule has 6 rings (SSSR count). The summed E-state index contributed by atoms with van der Waals surface area (Å²) in [6, 6.07) is 1.57. The van der Waals surface area contributed by atoms with Gasteiger partial charge in [0.05, 0.1) is 61.3 Å². The number of piperazine rings is 1. The number of nitrogens with two attached hydrogens (primary N) is 1. The third-order valence-electron chi connectivity index (χ3n) is 8.71. The molecule has 3 aliphatic rings. The summed E-state index contributed by atoms with van der Waals surface area (Å²) >= 11 is 8.59. The standard InChI is InChI=1S/C29H32ClN11O8S2.Na/c1-29(2,27(47)48)49-36-18(15-12-51-28(31)32-15)23(44)33-19-25(46)40-20(22-34-37-38-35-22)13(11-50-26(19)40)10-41(3)8-6-39(7-9-41)24(45)14-4-5-16(42)21(43)17(14)30;/h4-5,12,19,26H,6-11H2,1-3H3,(H6-,31,32,33,34,35,36,37,38,42,43,44,45,47,48);/q;+1/p-1/t19-,26-;/m1./s1. The summed E-state index contributed by atoms with van der Waals surface area (Å²) in [4.78, 5) is 64.2. The van der Waals surface area contributed by atoms with E-state index < -0.39 is 46.3 Å². The molecule has 3 aromatic rings. The number of tetrazole rings is 1. The fourth-order valence-electron chi connectivity index (χ4n) is 5.72. The molecule has 2 fully saturated rings. The third kappa shape index (κ3) is 7.56. The number of β-lactam (4-membered cyclic amide) rings is 1. The quantitative estimate of drug-likeness (QED) is 0.0378. The van der Waals surface area contributed by atoms with Gasteiger partial charge in [-0.3, -0.25) is 29.6 Å². The molecule has 52 heavy (non-hydrogen) atoms. The molecular formula is C29H31ClN11NaO8S2. The predicted molar refractivity (Wildman–Crippen MR) is 180 cm³/mol. The summed E-state index contributed by atoms with van der Waals surface area (Å²) in [6.07, 6.45) is 0. The molecular weight excluding hydrogens is 753 g/mol. The number of phenols is 2. The summed E-state index contributed by atoms with van der Waals surface area (Å²) in [6.45, 7) is 4.71. The van der Waals surface area contributed by atoms with E-state index >= 15 is 0 Å². The maximum atomic E-state index is 13.7. The van der Waals surface area contributed by atoms with Gasteiger partial charge in [-0.1, -0.05) is 16.8 Å². The Bertz CT molecular complexity index is 1970. The van der Waals surface area contributed by atoms with Gasteiger partial charge in [-0.2, -0.15) is 5.21 Å². The zero-order chi connectivity index (χ0) is 36.8. The van der Waals surface area contributed by atoms with Crippen molar-refractivity contribution in [2.75, 3.05) is 51.3 Å². The van der Waals surface area contributed by atoms with Crippen LogP contribution in [0.15, 0.2) is 28.2 Å². The first-order chi connectivity index (χ1) is 24.1. The van der Waals surface area contributed by atoms with Crippen molar-refractivity contribution >= 4 is 74.9 Å². The minimum atomic E-state index is -1.88. The molecule has 2 atom stereocenters. The number of nitrogen functional groups attached to an aromatic ring is 1. The number of hydrogen-bond donors (Lipinski definition) is 4. The molecule has 2 saturated heterocycles. The van der Waals surface area contributed by atoms with Gasteiger partial charge < -0.3 is 50.5 Å². The van der Waals surface area contributed by atoms with E-state index in [0.29, 0.717) is 48.7 Å². The number of rotatable bonds is 10. The van der Waals surface area contributed by atoms with Crippen molar-refractivity contribution < 1.29 is 73.4 Å². The smallest absolute Gasteiger partial charge is 0.546 e. The van der Waals surface area contributed by atoms with Crippen molar-refractivity contribution in [1.82, 2.24) is 40.7 Å². The zero-order valence-electron chi connectivity index (χ0n) is 28.3. The number of likely N-dealkylation sites (N-methyl/N-ethyl adjacent to an activating group) is 1. The number of thiazole rings is 1. The number of carbonyl (C=O) groups is 4. The van der Waals surface area contributed by atoms with E-state index in [1.54, 1.807) is 4.90 Å². The zero-order valence-corrected chi connectivity index (χ0v) is 32.7. The SMILES string of the molecule is CC(C)(O/N=C(\C(=O)N[C@@H]1C(=O)N2C(c3nnn[n-]3)=C(C[N+]3(C)CCN(C(=O)c4ccc(O)c(O)c4Cl)CC3)CS[C@H]12)c1csc(N)n1)C(=O)[O-].[Na+]. The van der Waals surface area contributed by atoms with Crippen LogP contribution >= 0.6 is 34.7 Å². The number of hydrogen-bond acceptors (Lipinski definition) is 16. The number of amides is 3. The molecule has 0 aliphatic carbocycles. The number of benzene rings is 1. The van der Waals surface area contributed by atoms with Crippen molar-refractivity contribution in [3.8, 4) is 11.5 Å². The Labute approximate surface area is 331 Å². The number of halogens is 1. The van der Waals surface area contributed by atoms with E-state index in [1.807, 2.05) is 7.05 Å². The molecule has 19 nitrogen and oxygen atoms in total. The largest absolute Gasteiger partial charge is 1.00 e. The van der Waals surface area contributed by atoms with Gasteiger partial charge in [0.1, 0.15) is 23.7 Å². The van der Waals surface area contributed by atoms with Crippen LogP contribution in [0.3, 0.4) is 0 Å². The molecule has 270 valence electrons. The van der Waals surface area contributed by atoms with Crippen LogP contribution in [0.4, 0.5) is 5.13 Å². The van der Waals surface area contributed by atoms with Crippen molar-refractivity contribution in [3.05, 3.63) is 45.2 Å². The molecule has 3 aliphatic heterocycles. The average Bonchev–Trinajstić information content (AvgIpc) is 3.78. The number of carboxylic acid groups (broad SMARTS) is 1. The Morgan fingerprint density at radius 3 is 2.60 bits per heavy atom. The van der Waals surface area contributed by atoms with Crippen molar-refractivity contribution in [1.29, 1.82) is 0 Å². The van der Waals surface area contributed by atoms with E-state index in [1.165, 1.54) is 48.0 Å². The molecule has 0 spiro atoms. The molecule has 0 bridgehead atoms. The number of phenolic OH excluding ortho intramolecular Hbond substituents is 2. The number of nitrogens with one attached hydrogen (secondary N) is 1. The van der Waals surface area contributed by atoms with Gasteiger partial charge in [0.2, 0.25) is 0 Å². The summed E-state index contributed by atoms with van der Waals surface area (Å²) in [5.74, 6) is -3.63. The molecule has 3 amide bonds. The molecule has 23 heteroatoms. The monoisotopic (exact) mass is 783 g/mol. The number of aliphatic carboxylic acids is 1. The molecule has 5 heterocycles. The Morgan fingerprint density at radius 1 is 1.27 bits per heavy atom. The first kappa shape index (κ1) is 39.2. The molecule has 2 aromatic heterocycles. The number of fused-ring (bicyclic) bond motifs is 1. The second-order valence-corrected chi connectivity index (χ2v) is 15.1. The second kappa shape index (κ2) is 15.2. The fourth-order valence-corrected chi connectivity index (χ4v) is 7.85. The van der Waals surface area contributed by atoms with Crippen LogP contribution in [-0.2, 0) is 19.2 Å². The number of aromatic hydroxyl groups is 2. The molecule has 5 N–H and O–H groups in total. The molecule has 0 radical (unpaired) electrons. The topological polar surface area (TPSA) is 264 Å². The number of carbonyl (C=O) groups excluding carboxylic acids is 4. The molecule has 1 aromatic carbocycles. The van der Waals surface area contributed by atoms with Crippen LogP contribution in [0.25, 0.3) is 5.70 Å². The Morgan fingerprint density at radius 2 is 1.98 bits per heavy atom. The third-order valence-corrected chi connectivity index (χ3v) is 11.1. The predicted octanol–water partition coefficient (Wildman–Crippen LogP) is -4.40. The van der Waals surface area contributed by atoms with Crippen molar-refractivity contribution in [3.63, 3.8) is 0 Å². The van der Waals surface area contributed by atoms with Crippen LogP contribution in [0, 0.1) is 0 Å². The Balaban J connectivity index is 0.00000523. The van der Waals surface area contributed by atoms with Crippen LogP contribution in [0.2, 0.25) is 5.02 Å². The van der Waals surface area contributed by atoms with Crippen LogP contribution in [0.5, 0.6) is 11.5 Å². The van der Waals surface area contributed by atoms with Crippen LogP contribution in [0.1, 0.15) is 35.7 Å². The number of thioether (sulfide) groups is 1. The van der Waals surface area contributed by atoms with Gasteiger partial charge in [-0.25, -0.2) is 4.98 Å². The van der Waals surface area contributed by atoms with E-state index in [2.05, 4.69) is 36.1 Å². The van der Waals surface area contributed by atoms with Gasteiger partial charge in [0.15, 0.2) is 27.9 Å². The number of oxime groups is 1. The van der Waals surface area contributed by atoms with E-state index in [-0.39, 0.29) is 68.4 Å². The number of carboxylic acids is 1. The van der Waals surface area contributed by atoms with Gasteiger partial charge in [-0.05, 0) is 26.0 Å². The first-order valence-corrected chi connectivity index (χ1v) is 17.6. The number of nitrogens with zero attached hydrogens (tertiary/aromatic N) is 9. The maximum absolute atomic E-state index is 13.7. The fraction of sp³-hybridized carbons (Fsp3) is 0.414. The van der Waals surface area contributed by atoms with Crippen molar-refractivity contribution in [2.45, 2.75) is 30.9 Å². The van der Waals surface area contributed by atoms with E-state index in [0.717, 1.165) is 16.9 Å². The minimum Gasteiger partial charge on any atom is -0.546 e. The minimum absolute atomic E-state index is 0. The number of quaternary nitrogens is 1. The maximum Gasteiger partial charge on any atom is 1.00 e. The Hall–Kier alpha value is -3.99. The Kier molecular flexibility index (Phi) is 11.4. The van der Waals surface area contributed by atoms with Crippen molar-refractivity contribution in [2.24, 2.45) is 5.16 Å². The van der Waals surface area contributed by atoms with E-state index in [9.17, 15) is 34.5 Å². The second-order valence-electron chi connectivity index (χ2n) is 12.7. The molecule has 0 saturated carbocycles. The number of anilines is 1. The van der Waals surface area contributed by atoms with Gasteiger partial charge >= 0.3 is 29.6 Å². The number of aromatic nitrogens is 5. The normalized spacial score (nSPS) is 20.1. The van der Waals surface area contributed by atoms with Gasteiger partial charge in [0, 0.05) is 16.7 Å². The first-order valence-electron chi connectivity index (χ1n) is 15.3. The summed E-state index contributed by atoms with van der Waals surface area (Å²) in [5.41, 5.74) is 4.88. The van der Waals surface area contributed by atoms with Crippen LogP contribution < -0.4 is 50.8 Å². The summed E-state index contributed by atoms with van der Waals surface area (Å²) in [7, 11) is 2.03. The van der Waals surface area contributed by atoms with Gasteiger partial charge in [0.25, 0.3) is 17.7 Å². The van der Waals surface area contributed by atoms with Gasteiger partial charge in [-0.15, -0.1) is 23.1 Å². The molecule has 0 unspecified atom stereocenters. The van der Waals surface area contributed by atoms with Crippen LogP contribution in [-0.4, -0.2) is 137 Å². The summed E-state index contributed by atoms with van der Waals surface area (Å²) < 4.78 is 0.505. The van der Waals surface area contributed by atoms with E-state index in [4.69, 9.17) is 22.2 Å². The average molecular weight is 784 g/mol. The summed E-state index contributed by atoms with van der Waals surface area (Å²) in [5, 5.41) is 53.7.